The SMILES string of the molecule is CCCOc1cccc(NC(=O)CC2COCCN2)c1.Cl. The summed E-state index contributed by atoms with van der Waals surface area (Å²) in [6, 6.07) is 7.58. The summed E-state index contributed by atoms with van der Waals surface area (Å²) in [4.78, 5) is 12.0. The van der Waals surface area contributed by atoms with E-state index < -0.39 is 0 Å². The van der Waals surface area contributed by atoms with E-state index in [2.05, 4.69) is 17.6 Å². The smallest absolute Gasteiger partial charge is 0.226 e. The van der Waals surface area contributed by atoms with E-state index in [1.165, 1.54) is 0 Å². The number of hydrogen-bond donors (Lipinski definition) is 2. The van der Waals surface area contributed by atoms with Crippen LogP contribution in [0.2, 0.25) is 0 Å². The largest absolute Gasteiger partial charge is 0.494 e. The molecule has 6 heteroatoms. The van der Waals surface area contributed by atoms with Gasteiger partial charge in [0.1, 0.15) is 5.75 Å². The van der Waals surface area contributed by atoms with Crippen molar-refractivity contribution in [3.8, 4) is 5.75 Å². The molecule has 0 aliphatic carbocycles. The number of carbonyl (C=O) groups is 1. The number of carbonyl (C=O) groups excluding carboxylic acids is 1. The molecule has 1 aromatic carbocycles. The Bertz CT molecular complexity index is 437. The molecule has 1 amide bonds. The van der Waals surface area contributed by atoms with Gasteiger partial charge in [-0.3, -0.25) is 4.79 Å². The quantitative estimate of drug-likeness (QED) is 0.845. The summed E-state index contributed by atoms with van der Waals surface area (Å²) in [5.74, 6) is 0.768. The molecule has 1 aromatic rings. The molecule has 2 N–H and O–H groups in total. The summed E-state index contributed by atoms with van der Waals surface area (Å²) in [5.41, 5.74) is 0.764. The van der Waals surface area contributed by atoms with Crippen molar-refractivity contribution in [3.05, 3.63) is 24.3 Å². The molecule has 0 bridgehead atoms. The molecular formula is C15H23ClN2O3. The Morgan fingerprint density at radius 3 is 3.10 bits per heavy atom. The number of anilines is 1. The Morgan fingerprint density at radius 2 is 2.38 bits per heavy atom. The molecule has 1 heterocycles. The van der Waals surface area contributed by atoms with Gasteiger partial charge in [0.25, 0.3) is 0 Å². The first kappa shape index (κ1) is 17.8. The summed E-state index contributed by atoms with van der Waals surface area (Å²) in [6.45, 7) is 4.85. The van der Waals surface area contributed by atoms with Crippen LogP contribution in [0.3, 0.4) is 0 Å². The molecule has 2 rings (SSSR count). The predicted molar refractivity (Wildman–Crippen MR) is 85.3 cm³/mol. The highest BCUT2D eigenvalue weighted by Crippen LogP contribution is 2.18. The van der Waals surface area contributed by atoms with Crippen LogP contribution in [0.15, 0.2) is 24.3 Å². The van der Waals surface area contributed by atoms with Gasteiger partial charge in [0.15, 0.2) is 0 Å². The van der Waals surface area contributed by atoms with E-state index in [4.69, 9.17) is 9.47 Å². The van der Waals surface area contributed by atoms with Crippen LogP contribution in [0.25, 0.3) is 0 Å². The first-order valence-corrected chi connectivity index (χ1v) is 7.12. The van der Waals surface area contributed by atoms with Gasteiger partial charge in [-0.05, 0) is 18.6 Å². The van der Waals surface area contributed by atoms with Crippen LogP contribution in [0.1, 0.15) is 19.8 Å². The number of rotatable bonds is 6. The Morgan fingerprint density at radius 1 is 1.52 bits per heavy atom. The summed E-state index contributed by atoms with van der Waals surface area (Å²) in [5, 5.41) is 6.16. The van der Waals surface area contributed by atoms with Gasteiger partial charge in [-0.25, -0.2) is 0 Å². The minimum Gasteiger partial charge on any atom is -0.494 e. The van der Waals surface area contributed by atoms with E-state index in [9.17, 15) is 4.79 Å². The van der Waals surface area contributed by atoms with Gasteiger partial charge in [-0.1, -0.05) is 13.0 Å². The minimum absolute atomic E-state index is 0. The fourth-order valence-corrected chi connectivity index (χ4v) is 2.07. The van der Waals surface area contributed by atoms with E-state index in [0.29, 0.717) is 19.6 Å². The number of nitrogens with one attached hydrogen (secondary N) is 2. The topological polar surface area (TPSA) is 59.6 Å². The Labute approximate surface area is 131 Å². The zero-order valence-corrected chi connectivity index (χ0v) is 13.1. The van der Waals surface area contributed by atoms with Crippen LogP contribution in [0.5, 0.6) is 5.75 Å². The van der Waals surface area contributed by atoms with Crippen molar-refractivity contribution in [2.45, 2.75) is 25.8 Å². The normalized spacial score (nSPS) is 17.7. The average molecular weight is 315 g/mol. The van der Waals surface area contributed by atoms with Crippen molar-refractivity contribution in [3.63, 3.8) is 0 Å². The van der Waals surface area contributed by atoms with E-state index in [1.54, 1.807) is 0 Å². The third-order valence-electron chi connectivity index (χ3n) is 3.02. The fourth-order valence-electron chi connectivity index (χ4n) is 2.07. The summed E-state index contributed by atoms with van der Waals surface area (Å²) >= 11 is 0. The lowest BCUT2D eigenvalue weighted by molar-refractivity contribution is -0.117. The third-order valence-corrected chi connectivity index (χ3v) is 3.02. The van der Waals surface area contributed by atoms with Crippen LogP contribution < -0.4 is 15.4 Å². The van der Waals surface area contributed by atoms with E-state index in [0.717, 1.165) is 31.0 Å². The maximum Gasteiger partial charge on any atom is 0.226 e. The number of ether oxygens (including phenoxy) is 2. The van der Waals surface area contributed by atoms with Gasteiger partial charge in [0, 0.05) is 30.8 Å². The average Bonchev–Trinajstić information content (AvgIpc) is 2.46. The molecule has 0 saturated carbocycles. The van der Waals surface area contributed by atoms with Gasteiger partial charge in [-0.2, -0.15) is 0 Å². The van der Waals surface area contributed by atoms with Gasteiger partial charge in [0.2, 0.25) is 5.91 Å². The second-order valence-corrected chi connectivity index (χ2v) is 4.85. The monoisotopic (exact) mass is 314 g/mol. The van der Waals surface area contributed by atoms with Gasteiger partial charge >= 0.3 is 0 Å². The number of amides is 1. The second-order valence-electron chi connectivity index (χ2n) is 4.85. The zero-order valence-electron chi connectivity index (χ0n) is 12.3. The van der Waals surface area contributed by atoms with Crippen LogP contribution in [-0.2, 0) is 9.53 Å². The molecular weight excluding hydrogens is 292 g/mol. The molecule has 118 valence electrons. The second kappa shape index (κ2) is 9.60. The zero-order chi connectivity index (χ0) is 14.2. The van der Waals surface area contributed by atoms with Crippen LogP contribution in [-0.4, -0.2) is 38.3 Å². The molecule has 1 aliphatic rings. The Kier molecular flexibility index (Phi) is 8.12. The van der Waals surface area contributed by atoms with Crippen molar-refractivity contribution in [2.24, 2.45) is 0 Å². The van der Waals surface area contributed by atoms with Crippen molar-refractivity contribution in [1.29, 1.82) is 0 Å². The lowest BCUT2D eigenvalue weighted by Crippen LogP contribution is -2.43. The lowest BCUT2D eigenvalue weighted by Gasteiger charge is -2.23. The first-order chi connectivity index (χ1) is 9.78. The van der Waals surface area contributed by atoms with Gasteiger partial charge in [-0.15, -0.1) is 12.4 Å². The maximum atomic E-state index is 12.0. The fraction of sp³-hybridized carbons (Fsp3) is 0.533. The molecule has 1 unspecified atom stereocenters. The van der Waals surface area contributed by atoms with Crippen LogP contribution in [0, 0.1) is 0 Å². The molecule has 1 fully saturated rings. The van der Waals surface area contributed by atoms with E-state index in [1.807, 2.05) is 24.3 Å². The van der Waals surface area contributed by atoms with E-state index in [-0.39, 0.29) is 24.4 Å². The van der Waals surface area contributed by atoms with Crippen molar-refractivity contribution >= 4 is 24.0 Å². The first-order valence-electron chi connectivity index (χ1n) is 7.12. The van der Waals surface area contributed by atoms with Crippen LogP contribution in [0.4, 0.5) is 5.69 Å². The lowest BCUT2D eigenvalue weighted by atomic mass is 10.2. The van der Waals surface area contributed by atoms with Crippen molar-refractivity contribution in [2.75, 3.05) is 31.7 Å². The molecule has 5 nitrogen and oxygen atoms in total. The van der Waals surface area contributed by atoms with Crippen molar-refractivity contribution < 1.29 is 14.3 Å². The molecule has 0 radical (unpaired) electrons. The Hall–Kier alpha value is -1.30. The van der Waals surface area contributed by atoms with Gasteiger partial charge < -0.3 is 20.1 Å². The molecule has 1 aliphatic heterocycles. The van der Waals surface area contributed by atoms with Crippen molar-refractivity contribution in [1.82, 2.24) is 5.32 Å². The number of hydrogen-bond acceptors (Lipinski definition) is 4. The van der Waals surface area contributed by atoms with E-state index >= 15 is 0 Å². The molecule has 0 spiro atoms. The molecule has 1 saturated heterocycles. The highest BCUT2D eigenvalue weighted by Gasteiger charge is 2.16. The minimum atomic E-state index is -0.0133. The summed E-state index contributed by atoms with van der Waals surface area (Å²) in [7, 11) is 0. The summed E-state index contributed by atoms with van der Waals surface area (Å²) < 4.78 is 10.9. The third kappa shape index (κ3) is 6.33. The number of benzene rings is 1. The maximum absolute atomic E-state index is 12.0. The number of halogens is 1. The molecule has 21 heavy (non-hydrogen) atoms. The highest BCUT2D eigenvalue weighted by molar-refractivity contribution is 5.91. The van der Waals surface area contributed by atoms with Crippen LogP contribution >= 0.6 is 12.4 Å². The standard InChI is InChI=1S/C15H22N2O3.ClH/c1-2-7-20-14-5-3-4-12(9-14)17-15(18)10-13-11-19-8-6-16-13;/h3-5,9,13,16H,2,6-8,10-11H2,1H3,(H,17,18);1H. The van der Waals surface area contributed by atoms with Gasteiger partial charge in [0.05, 0.1) is 19.8 Å². The molecule has 0 aromatic heterocycles. The summed E-state index contributed by atoms with van der Waals surface area (Å²) in [6.07, 6.45) is 1.38. The number of morpholine rings is 1. The Balaban J connectivity index is 0.00000220. The molecule has 1 atom stereocenters. The highest BCUT2D eigenvalue weighted by atomic mass is 35.5. The predicted octanol–water partition coefficient (Wildman–Crippen LogP) is 2.21.